The number of aliphatic hydroxyl groups is 6. The molecule has 34 heavy (non-hydrogen) atoms. The standard InChI is InChI=1S/C20H40N4O10/c25-11-15(17(29)13-27)23-5-1-21(9-19(31)32)2-6-24(16(12-26)18(30)14-28)8-4-22(3-7-23)10-20(33)34/h15-18,25-30H,1-14H2,(H,31,32)(H,33,34)/t15-,16+,17-,18-/m1/s1. The number of hydrogen-bond acceptors (Lipinski definition) is 12. The van der Waals surface area contributed by atoms with Gasteiger partial charge in [-0.1, -0.05) is 0 Å². The van der Waals surface area contributed by atoms with Crippen LogP contribution in [0.15, 0.2) is 0 Å². The van der Waals surface area contributed by atoms with E-state index in [1.807, 2.05) is 0 Å². The average Bonchev–Trinajstić information content (AvgIpc) is 2.79. The third-order valence-corrected chi connectivity index (χ3v) is 6.11. The van der Waals surface area contributed by atoms with E-state index >= 15 is 0 Å². The van der Waals surface area contributed by atoms with Gasteiger partial charge in [0.15, 0.2) is 0 Å². The second-order valence-electron chi connectivity index (χ2n) is 8.41. The Morgan fingerprint density at radius 3 is 1.06 bits per heavy atom. The maximum absolute atomic E-state index is 11.4. The number of aliphatic hydroxyl groups excluding tert-OH is 6. The Labute approximate surface area is 198 Å². The molecule has 0 aromatic heterocycles. The summed E-state index contributed by atoms with van der Waals surface area (Å²) in [5.41, 5.74) is 0. The topological polar surface area (TPSA) is 209 Å². The lowest BCUT2D eigenvalue weighted by atomic mass is 10.1. The van der Waals surface area contributed by atoms with Gasteiger partial charge in [0.05, 0.1) is 63.8 Å². The molecule has 1 saturated heterocycles. The monoisotopic (exact) mass is 496 g/mol. The lowest BCUT2D eigenvalue weighted by molar-refractivity contribution is -0.139. The summed E-state index contributed by atoms with van der Waals surface area (Å²) in [6.07, 6.45) is -2.47. The van der Waals surface area contributed by atoms with E-state index in [1.54, 1.807) is 19.6 Å². The minimum Gasteiger partial charge on any atom is -0.480 e. The average molecular weight is 497 g/mol. The minimum atomic E-state index is -1.24. The molecule has 14 heteroatoms. The zero-order valence-electron chi connectivity index (χ0n) is 19.4. The van der Waals surface area contributed by atoms with E-state index in [2.05, 4.69) is 0 Å². The smallest absolute Gasteiger partial charge is 0.317 e. The van der Waals surface area contributed by atoms with Gasteiger partial charge in [-0.2, -0.15) is 0 Å². The van der Waals surface area contributed by atoms with Gasteiger partial charge in [-0.05, 0) is 0 Å². The predicted molar refractivity (Wildman–Crippen MR) is 119 cm³/mol. The van der Waals surface area contributed by atoms with Crippen LogP contribution in [0.1, 0.15) is 0 Å². The molecule has 0 radical (unpaired) electrons. The molecule has 1 aliphatic heterocycles. The molecule has 0 spiro atoms. The third-order valence-electron chi connectivity index (χ3n) is 6.11. The molecule has 0 aromatic rings. The van der Waals surface area contributed by atoms with Crippen LogP contribution in [0.2, 0.25) is 0 Å². The normalized spacial score (nSPS) is 22.3. The molecule has 14 nitrogen and oxygen atoms in total. The highest BCUT2D eigenvalue weighted by Crippen LogP contribution is 2.10. The van der Waals surface area contributed by atoms with Crippen LogP contribution in [0, 0.1) is 0 Å². The van der Waals surface area contributed by atoms with Gasteiger partial charge in [0.1, 0.15) is 0 Å². The quantitative estimate of drug-likeness (QED) is 0.127. The zero-order chi connectivity index (χ0) is 25.7. The van der Waals surface area contributed by atoms with Crippen LogP contribution in [0.25, 0.3) is 0 Å². The molecule has 0 saturated carbocycles. The molecule has 8 N–H and O–H groups in total. The lowest BCUT2D eigenvalue weighted by Gasteiger charge is -2.39. The summed E-state index contributed by atoms with van der Waals surface area (Å²) in [6.45, 7) is -0.753. The third kappa shape index (κ3) is 10.4. The van der Waals surface area contributed by atoms with Crippen molar-refractivity contribution >= 4 is 11.9 Å². The SMILES string of the molecule is O=C(O)CN1CCN([C@H](CO)[C@H](O)CO)CCN(CC(=O)O)CCN([C@@H](CO)[C@H](O)CO)CC1. The van der Waals surface area contributed by atoms with Crippen molar-refractivity contribution in [2.45, 2.75) is 24.3 Å². The van der Waals surface area contributed by atoms with E-state index < -0.39 is 62.7 Å². The van der Waals surface area contributed by atoms with Crippen LogP contribution in [0.5, 0.6) is 0 Å². The fourth-order valence-electron chi connectivity index (χ4n) is 4.09. The molecule has 0 amide bonds. The van der Waals surface area contributed by atoms with Gasteiger partial charge in [-0.3, -0.25) is 29.2 Å². The minimum absolute atomic E-state index is 0.235. The van der Waals surface area contributed by atoms with Gasteiger partial charge >= 0.3 is 11.9 Å². The fraction of sp³-hybridized carbons (Fsp3) is 0.900. The predicted octanol–water partition coefficient (Wildman–Crippen LogP) is -5.19. The second kappa shape index (κ2) is 16.3. The Hall–Kier alpha value is -1.46. The molecule has 1 rings (SSSR count). The van der Waals surface area contributed by atoms with Crippen molar-refractivity contribution in [3.8, 4) is 0 Å². The van der Waals surface area contributed by atoms with Crippen molar-refractivity contribution in [2.24, 2.45) is 0 Å². The zero-order valence-corrected chi connectivity index (χ0v) is 19.4. The Bertz CT molecular complexity index is 536. The number of nitrogens with zero attached hydrogens (tertiary/aromatic N) is 4. The van der Waals surface area contributed by atoms with Crippen LogP contribution < -0.4 is 0 Å². The summed E-state index contributed by atoms with van der Waals surface area (Å²) < 4.78 is 0. The van der Waals surface area contributed by atoms with Gasteiger partial charge in [0.25, 0.3) is 0 Å². The molecule has 4 atom stereocenters. The van der Waals surface area contributed by atoms with Crippen LogP contribution in [0.3, 0.4) is 0 Å². The first-order chi connectivity index (χ1) is 16.2. The number of rotatable bonds is 12. The highest BCUT2D eigenvalue weighted by Gasteiger charge is 2.29. The van der Waals surface area contributed by atoms with E-state index in [-0.39, 0.29) is 65.4 Å². The van der Waals surface area contributed by atoms with Crippen molar-refractivity contribution in [1.29, 1.82) is 0 Å². The second-order valence-corrected chi connectivity index (χ2v) is 8.41. The molecule has 0 unspecified atom stereocenters. The number of carboxylic acid groups (broad SMARTS) is 2. The van der Waals surface area contributed by atoms with Crippen molar-refractivity contribution in [3.05, 3.63) is 0 Å². The molecule has 1 heterocycles. The van der Waals surface area contributed by atoms with E-state index in [9.17, 15) is 50.4 Å². The largest absolute Gasteiger partial charge is 0.480 e. The highest BCUT2D eigenvalue weighted by molar-refractivity contribution is 5.69. The first-order valence-electron chi connectivity index (χ1n) is 11.3. The van der Waals surface area contributed by atoms with Gasteiger partial charge in [-0.25, -0.2) is 0 Å². The molecule has 0 bridgehead atoms. The van der Waals surface area contributed by atoms with E-state index in [0.717, 1.165) is 0 Å². The highest BCUT2D eigenvalue weighted by atomic mass is 16.4. The first kappa shape index (κ1) is 30.6. The Kier molecular flexibility index (Phi) is 14.6. The maximum Gasteiger partial charge on any atom is 0.317 e. The lowest BCUT2D eigenvalue weighted by Crippen LogP contribution is -2.56. The Balaban J connectivity index is 3.18. The number of carboxylic acids is 2. The number of aliphatic carboxylic acids is 2. The van der Waals surface area contributed by atoms with Crippen molar-refractivity contribution in [3.63, 3.8) is 0 Å². The van der Waals surface area contributed by atoms with Crippen molar-refractivity contribution in [1.82, 2.24) is 19.6 Å². The summed E-state index contributed by atoms with van der Waals surface area (Å²) in [5.74, 6) is -2.11. The first-order valence-corrected chi connectivity index (χ1v) is 11.3. The van der Waals surface area contributed by atoms with Crippen LogP contribution in [0.4, 0.5) is 0 Å². The molecule has 0 aliphatic carbocycles. The van der Waals surface area contributed by atoms with Crippen molar-refractivity contribution in [2.75, 3.05) is 91.9 Å². The van der Waals surface area contributed by atoms with Crippen LogP contribution in [-0.2, 0) is 9.59 Å². The Morgan fingerprint density at radius 2 is 0.853 bits per heavy atom. The summed E-state index contributed by atoms with van der Waals surface area (Å²) >= 11 is 0. The van der Waals surface area contributed by atoms with E-state index in [1.165, 1.54) is 0 Å². The van der Waals surface area contributed by atoms with E-state index in [0.29, 0.717) is 0 Å². The van der Waals surface area contributed by atoms with Crippen molar-refractivity contribution < 1.29 is 50.4 Å². The summed E-state index contributed by atoms with van der Waals surface area (Å²) in [6, 6.07) is -1.64. The van der Waals surface area contributed by atoms with Crippen LogP contribution in [-0.4, -0.2) is 189 Å². The number of carbonyl (C=O) groups is 2. The molecule has 0 aromatic carbocycles. The molecular formula is C20H40N4O10. The summed E-state index contributed by atoms with van der Waals surface area (Å²) in [7, 11) is 0. The number of hydrogen-bond donors (Lipinski definition) is 8. The van der Waals surface area contributed by atoms with Gasteiger partial charge < -0.3 is 40.9 Å². The van der Waals surface area contributed by atoms with Crippen LogP contribution >= 0.6 is 0 Å². The molecule has 1 fully saturated rings. The van der Waals surface area contributed by atoms with E-state index in [4.69, 9.17) is 0 Å². The molecular weight excluding hydrogens is 456 g/mol. The fourth-order valence-corrected chi connectivity index (χ4v) is 4.09. The molecule has 200 valence electrons. The van der Waals surface area contributed by atoms with Gasteiger partial charge in [-0.15, -0.1) is 0 Å². The Morgan fingerprint density at radius 1 is 0.559 bits per heavy atom. The summed E-state index contributed by atoms with van der Waals surface area (Å²) in [5, 5.41) is 77.2. The molecule has 1 aliphatic rings. The maximum atomic E-state index is 11.4. The van der Waals surface area contributed by atoms with Gasteiger partial charge in [0, 0.05) is 52.4 Å². The summed E-state index contributed by atoms with van der Waals surface area (Å²) in [4.78, 5) is 29.4. The van der Waals surface area contributed by atoms with Gasteiger partial charge in [0.2, 0.25) is 0 Å².